The first-order valence-corrected chi connectivity index (χ1v) is 6.31. The molecule has 0 amide bonds. The Labute approximate surface area is 103 Å². The lowest BCUT2D eigenvalue weighted by Gasteiger charge is -2.06. The fourth-order valence-corrected chi connectivity index (χ4v) is 2.09. The van der Waals surface area contributed by atoms with E-state index in [1.54, 1.807) is 0 Å². The molecule has 0 N–H and O–H groups in total. The first kappa shape index (κ1) is 14.2. The number of aromatic nitrogens is 1. The third-order valence-electron chi connectivity index (χ3n) is 1.82. The van der Waals surface area contributed by atoms with E-state index in [4.69, 9.17) is 15.9 Å². The van der Waals surface area contributed by atoms with E-state index < -0.39 is 42.2 Å². The molecule has 0 aliphatic carbocycles. The molecule has 0 atom stereocenters. The summed E-state index contributed by atoms with van der Waals surface area (Å²) in [6.07, 6.45) is -3.05. The van der Waals surface area contributed by atoms with Crippen LogP contribution in [0.25, 0.3) is 0 Å². The largest absolute Gasteiger partial charge is 0.302 e. The SMILES string of the molecule is N#Cc1ncc(S(=O)(=O)Cl)c([N+](=O)[O-])c1C(F)F. The van der Waals surface area contributed by atoms with Crippen molar-refractivity contribution >= 4 is 25.4 Å². The van der Waals surface area contributed by atoms with Gasteiger partial charge in [-0.05, 0) is 0 Å². The van der Waals surface area contributed by atoms with Crippen molar-refractivity contribution in [3.05, 3.63) is 27.6 Å². The lowest BCUT2D eigenvalue weighted by atomic mass is 10.1. The summed E-state index contributed by atoms with van der Waals surface area (Å²) in [6.45, 7) is 0. The lowest BCUT2D eigenvalue weighted by Crippen LogP contribution is -2.07. The van der Waals surface area contributed by atoms with Crippen molar-refractivity contribution in [2.45, 2.75) is 11.3 Å². The number of nitriles is 1. The van der Waals surface area contributed by atoms with Crippen LogP contribution >= 0.6 is 10.7 Å². The maximum absolute atomic E-state index is 12.7. The van der Waals surface area contributed by atoms with Gasteiger partial charge in [0.05, 0.1) is 11.1 Å². The van der Waals surface area contributed by atoms with Crippen LogP contribution in [0.3, 0.4) is 0 Å². The number of pyridine rings is 1. The van der Waals surface area contributed by atoms with Crippen molar-refractivity contribution in [2.24, 2.45) is 0 Å². The van der Waals surface area contributed by atoms with Crippen LogP contribution in [-0.4, -0.2) is 18.3 Å². The Bertz CT molecular complexity index is 655. The van der Waals surface area contributed by atoms with Gasteiger partial charge in [-0.15, -0.1) is 0 Å². The zero-order valence-corrected chi connectivity index (χ0v) is 9.74. The van der Waals surface area contributed by atoms with E-state index in [9.17, 15) is 27.3 Å². The summed E-state index contributed by atoms with van der Waals surface area (Å²) in [5.74, 6) is 0. The van der Waals surface area contributed by atoms with Crippen molar-refractivity contribution < 1.29 is 22.1 Å². The second kappa shape index (κ2) is 4.79. The van der Waals surface area contributed by atoms with Crippen LogP contribution in [0, 0.1) is 21.4 Å². The summed E-state index contributed by atoms with van der Waals surface area (Å²) >= 11 is 0. The molecule has 0 aliphatic heterocycles. The summed E-state index contributed by atoms with van der Waals surface area (Å²) in [5.41, 5.74) is -3.74. The van der Waals surface area contributed by atoms with Gasteiger partial charge in [0, 0.05) is 10.7 Å². The van der Waals surface area contributed by atoms with Crippen molar-refractivity contribution in [3.63, 3.8) is 0 Å². The van der Waals surface area contributed by atoms with Gasteiger partial charge < -0.3 is 0 Å². The quantitative estimate of drug-likeness (QED) is 0.477. The number of halogens is 3. The molecule has 1 heterocycles. The van der Waals surface area contributed by atoms with Crippen LogP contribution in [0.5, 0.6) is 0 Å². The topological polar surface area (TPSA) is 114 Å². The Hall–Kier alpha value is -1.86. The van der Waals surface area contributed by atoms with Gasteiger partial charge in [-0.25, -0.2) is 22.2 Å². The van der Waals surface area contributed by atoms with Crippen molar-refractivity contribution in [2.75, 3.05) is 0 Å². The van der Waals surface area contributed by atoms with E-state index in [-0.39, 0.29) is 0 Å². The molecule has 1 aromatic rings. The van der Waals surface area contributed by atoms with Crippen molar-refractivity contribution in [3.8, 4) is 6.07 Å². The van der Waals surface area contributed by atoms with Crippen LogP contribution in [-0.2, 0) is 9.05 Å². The Morgan fingerprint density at radius 3 is 2.44 bits per heavy atom. The van der Waals surface area contributed by atoms with Crippen LogP contribution in [0.2, 0.25) is 0 Å². The number of nitrogens with zero attached hydrogens (tertiary/aromatic N) is 3. The molecule has 0 fully saturated rings. The second-order valence-corrected chi connectivity index (χ2v) is 5.38. The van der Waals surface area contributed by atoms with Crippen LogP contribution in [0.15, 0.2) is 11.1 Å². The molecule has 11 heteroatoms. The number of nitro groups is 1. The van der Waals surface area contributed by atoms with Crippen molar-refractivity contribution in [1.29, 1.82) is 5.26 Å². The normalized spacial score (nSPS) is 11.3. The van der Waals surface area contributed by atoms with E-state index in [0.717, 1.165) is 0 Å². The zero-order valence-electron chi connectivity index (χ0n) is 8.17. The first-order chi connectivity index (χ1) is 8.20. The average molecular weight is 298 g/mol. The Kier molecular flexibility index (Phi) is 3.78. The number of rotatable bonds is 3. The summed E-state index contributed by atoms with van der Waals surface area (Å²) in [6, 6.07) is 1.22. The molecule has 1 aromatic heterocycles. The van der Waals surface area contributed by atoms with Crippen LogP contribution < -0.4 is 0 Å². The molecule has 0 aromatic carbocycles. The average Bonchev–Trinajstić information content (AvgIpc) is 2.25. The monoisotopic (exact) mass is 297 g/mol. The highest BCUT2D eigenvalue weighted by molar-refractivity contribution is 8.13. The lowest BCUT2D eigenvalue weighted by molar-refractivity contribution is -0.389. The molecule has 0 unspecified atom stereocenters. The predicted molar refractivity (Wildman–Crippen MR) is 53.6 cm³/mol. The Morgan fingerprint density at radius 1 is 1.56 bits per heavy atom. The minimum absolute atomic E-state index is 0.394. The number of hydrogen-bond acceptors (Lipinski definition) is 6. The molecule has 18 heavy (non-hydrogen) atoms. The molecule has 0 saturated carbocycles. The smallest absolute Gasteiger partial charge is 0.258 e. The Morgan fingerprint density at radius 2 is 2.11 bits per heavy atom. The maximum atomic E-state index is 12.7. The van der Waals surface area contributed by atoms with Gasteiger partial charge in [-0.2, -0.15) is 5.26 Å². The number of hydrogen-bond donors (Lipinski definition) is 0. The van der Waals surface area contributed by atoms with Crippen LogP contribution in [0.4, 0.5) is 14.5 Å². The van der Waals surface area contributed by atoms with Crippen molar-refractivity contribution in [1.82, 2.24) is 4.98 Å². The highest BCUT2D eigenvalue weighted by atomic mass is 35.7. The van der Waals surface area contributed by atoms with E-state index in [2.05, 4.69) is 4.98 Å². The zero-order chi connectivity index (χ0) is 14.1. The number of alkyl halides is 2. The van der Waals surface area contributed by atoms with E-state index in [0.29, 0.717) is 6.20 Å². The molecule has 0 aliphatic rings. The minimum atomic E-state index is -4.63. The summed E-state index contributed by atoms with van der Waals surface area (Å²) in [4.78, 5) is 11.3. The predicted octanol–water partition coefficient (Wildman–Crippen LogP) is 1.73. The van der Waals surface area contributed by atoms with E-state index in [1.165, 1.54) is 6.07 Å². The standard InChI is InChI=1S/C7H2ClF2N3O4S/c8-18(16,17)4-2-12-3(1-11)5(7(9)10)6(4)13(14)15/h2,7H. The van der Waals surface area contributed by atoms with Gasteiger partial charge in [-0.1, -0.05) is 0 Å². The first-order valence-electron chi connectivity index (χ1n) is 4.00. The molecule has 0 saturated heterocycles. The van der Waals surface area contributed by atoms with Gasteiger partial charge in [0.1, 0.15) is 11.6 Å². The third-order valence-corrected chi connectivity index (χ3v) is 3.15. The second-order valence-electron chi connectivity index (χ2n) is 2.84. The van der Waals surface area contributed by atoms with E-state index >= 15 is 0 Å². The summed E-state index contributed by atoms with van der Waals surface area (Å²) < 4.78 is 47.4. The van der Waals surface area contributed by atoms with Gasteiger partial charge in [0.15, 0.2) is 10.6 Å². The highest BCUT2D eigenvalue weighted by Crippen LogP contribution is 2.36. The molecule has 0 radical (unpaired) electrons. The molecule has 7 nitrogen and oxygen atoms in total. The molecular formula is C7H2ClF2N3O4S. The van der Waals surface area contributed by atoms with Crippen LogP contribution in [0.1, 0.15) is 17.7 Å². The minimum Gasteiger partial charge on any atom is -0.258 e. The maximum Gasteiger partial charge on any atom is 0.302 e. The third kappa shape index (κ3) is 2.52. The fraction of sp³-hybridized carbons (Fsp3) is 0.143. The molecule has 0 spiro atoms. The molecule has 1 rings (SSSR count). The van der Waals surface area contributed by atoms with Gasteiger partial charge in [0.25, 0.3) is 15.5 Å². The van der Waals surface area contributed by atoms with Gasteiger partial charge in [0.2, 0.25) is 0 Å². The van der Waals surface area contributed by atoms with Gasteiger partial charge >= 0.3 is 5.69 Å². The Balaban J connectivity index is 3.87. The van der Waals surface area contributed by atoms with Gasteiger partial charge in [-0.3, -0.25) is 10.1 Å². The summed E-state index contributed by atoms with van der Waals surface area (Å²) in [5, 5.41) is 19.2. The van der Waals surface area contributed by atoms with E-state index in [1.807, 2.05) is 0 Å². The molecule has 0 bridgehead atoms. The fourth-order valence-electron chi connectivity index (χ4n) is 1.16. The summed E-state index contributed by atoms with van der Waals surface area (Å²) in [7, 11) is 0.246. The molecular weight excluding hydrogens is 296 g/mol. The highest BCUT2D eigenvalue weighted by Gasteiger charge is 2.35. The molecule has 96 valence electrons.